The second-order valence-corrected chi connectivity index (χ2v) is 18.0. The summed E-state index contributed by atoms with van der Waals surface area (Å²) in [4.78, 5) is 58.8. The van der Waals surface area contributed by atoms with E-state index in [9.17, 15) is 32.7 Å². The Kier molecular flexibility index (Phi) is 17.0. The number of alkyl halides is 3. The number of likely N-dealkylation sites (tertiary alicyclic amines) is 1. The van der Waals surface area contributed by atoms with Gasteiger partial charge in [0, 0.05) is 57.7 Å². The van der Waals surface area contributed by atoms with Crippen LogP contribution in [0.5, 0.6) is 11.5 Å². The number of halogens is 3. The third kappa shape index (κ3) is 13.5. The average molecular weight is 950 g/mol. The van der Waals surface area contributed by atoms with Crippen LogP contribution in [0.4, 0.5) is 18.9 Å². The van der Waals surface area contributed by atoms with Crippen LogP contribution in [0.1, 0.15) is 84.1 Å². The largest absolute Gasteiger partial charge is 0.506 e. The van der Waals surface area contributed by atoms with E-state index in [2.05, 4.69) is 49.7 Å². The van der Waals surface area contributed by atoms with Gasteiger partial charge in [-0.1, -0.05) is 55.7 Å². The van der Waals surface area contributed by atoms with Crippen LogP contribution in [0.3, 0.4) is 0 Å². The van der Waals surface area contributed by atoms with E-state index in [1.54, 1.807) is 6.07 Å². The molecule has 1 spiro atoms. The number of pyridine rings is 1. The van der Waals surface area contributed by atoms with Crippen LogP contribution in [0.2, 0.25) is 0 Å². The third-order valence-corrected chi connectivity index (χ3v) is 13.0. The van der Waals surface area contributed by atoms with E-state index in [1.807, 2.05) is 46.8 Å². The van der Waals surface area contributed by atoms with E-state index < -0.39 is 12.1 Å². The number of phenols is 1. The normalized spacial score (nSPS) is 17.5. The second-order valence-electron chi connectivity index (χ2n) is 18.0. The fraction of sp³-hybridized carbons (Fsp3) is 0.531. The lowest BCUT2D eigenvalue weighted by atomic mass is 9.89. The summed E-state index contributed by atoms with van der Waals surface area (Å²) in [7, 11) is 0. The molecule has 5 heterocycles. The molecule has 4 aromatic rings. The van der Waals surface area contributed by atoms with Gasteiger partial charge in [0.05, 0.1) is 38.4 Å². The van der Waals surface area contributed by atoms with Crippen molar-refractivity contribution in [2.45, 2.75) is 95.5 Å². The zero-order valence-electron chi connectivity index (χ0n) is 38.5. The number of phenolic OH excluding ortho intramolecular Hbond substituents is 1. The number of aromatic hydroxyl groups is 1. The molecule has 68 heavy (non-hydrogen) atoms. The molecule has 2 aromatic carbocycles. The number of carbonyl (C=O) groups is 4. The molecule has 0 atom stereocenters. The Hall–Kier alpha value is -5.76. The molecule has 0 unspecified atom stereocenters. The van der Waals surface area contributed by atoms with Crippen molar-refractivity contribution in [2.24, 2.45) is 0 Å². The highest BCUT2D eigenvalue weighted by molar-refractivity contribution is 5.97. The number of ether oxygens (including phenoxy) is 3. The van der Waals surface area contributed by atoms with Crippen LogP contribution < -0.4 is 15.4 Å². The van der Waals surface area contributed by atoms with Crippen LogP contribution in [0, 0.1) is 6.92 Å². The summed E-state index contributed by atoms with van der Waals surface area (Å²) in [6.07, 6.45) is 7.93. The smallest absolute Gasteiger partial charge is 0.490 e. The zero-order valence-corrected chi connectivity index (χ0v) is 38.5. The predicted molar refractivity (Wildman–Crippen MR) is 246 cm³/mol. The van der Waals surface area contributed by atoms with Crippen LogP contribution >= 0.6 is 0 Å². The molecule has 1 saturated carbocycles. The van der Waals surface area contributed by atoms with Crippen molar-refractivity contribution in [3.63, 3.8) is 0 Å². The van der Waals surface area contributed by atoms with Gasteiger partial charge in [0.15, 0.2) is 12.4 Å². The van der Waals surface area contributed by atoms with Gasteiger partial charge in [-0.2, -0.15) is 13.2 Å². The first kappa shape index (κ1) is 50.1. The van der Waals surface area contributed by atoms with Crippen LogP contribution in [-0.2, 0) is 43.2 Å². The van der Waals surface area contributed by atoms with E-state index in [4.69, 9.17) is 24.1 Å². The van der Waals surface area contributed by atoms with Crippen molar-refractivity contribution < 1.29 is 56.8 Å². The van der Waals surface area contributed by atoms with E-state index in [1.165, 1.54) is 17.5 Å². The van der Waals surface area contributed by atoms with Crippen LogP contribution in [0.15, 0.2) is 60.9 Å². The van der Waals surface area contributed by atoms with Crippen molar-refractivity contribution in [1.82, 2.24) is 29.4 Å². The second kappa shape index (κ2) is 23.0. The number of aliphatic carboxylic acids is 1. The number of benzene rings is 2. The number of carboxylic acids is 1. The topological polar surface area (TPSA) is 188 Å². The number of aryl methyl sites for hydroxylation is 1. The quantitative estimate of drug-likeness (QED) is 0.0787. The summed E-state index contributed by atoms with van der Waals surface area (Å²) in [5.74, 6) is -2.40. The Morgan fingerprint density at radius 1 is 0.985 bits per heavy atom. The van der Waals surface area contributed by atoms with Crippen molar-refractivity contribution in [1.29, 1.82) is 0 Å². The van der Waals surface area contributed by atoms with Gasteiger partial charge >= 0.3 is 12.1 Å². The monoisotopic (exact) mass is 949 g/mol. The Balaban J connectivity index is 0.000000908. The number of rotatable bonds is 16. The fourth-order valence-electron chi connectivity index (χ4n) is 9.41. The van der Waals surface area contributed by atoms with Crippen molar-refractivity contribution in [3.05, 3.63) is 88.9 Å². The molecule has 4 aliphatic rings. The lowest BCUT2D eigenvalue weighted by molar-refractivity contribution is -0.192. The number of amides is 3. The van der Waals surface area contributed by atoms with Gasteiger partial charge in [0.25, 0.3) is 11.8 Å². The maximum atomic E-state index is 13.6. The summed E-state index contributed by atoms with van der Waals surface area (Å²) in [5.41, 5.74) is 5.80. The number of nitrogens with zero attached hydrogens (tertiary/aromatic N) is 5. The summed E-state index contributed by atoms with van der Waals surface area (Å²) < 4.78 is 51.7. The van der Waals surface area contributed by atoms with Gasteiger partial charge in [-0.25, -0.2) is 9.78 Å². The number of aromatic nitrogens is 2. The minimum Gasteiger partial charge on any atom is -0.506 e. The van der Waals surface area contributed by atoms with Crippen molar-refractivity contribution in [2.75, 3.05) is 77.6 Å². The first-order chi connectivity index (χ1) is 32.7. The van der Waals surface area contributed by atoms with Crippen molar-refractivity contribution >= 4 is 35.0 Å². The summed E-state index contributed by atoms with van der Waals surface area (Å²) in [5, 5.41) is 23.5. The highest BCUT2D eigenvalue weighted by Gasteiger charge is 2.42. The molecule has 368 valence electrons. The van der Waals surface area contributed by atoms with E-state index in [0.717, 1.165) is 81.4 Å². The number of carbonyl (C=O) groups excluding carboxylic acids is 3. The molecule has 2 aromatic heterocycles. The minimum absolute atomic E-state index is 0.00550. The SMILES string of the molecule is Cc1ccc2nc(C(=O)N3CCOC4(CCN(Cc5cccc(CCOCCC(=O)N(CCNCCc6ccc(O)c7c6OCC(=O)N7)C6CCCCC6)c5)CC4)C3)cn2c1.O=C(O)C(F)(F)F. The first-order valence-corrected chi connectivity index (χ1v) is 23.5. The Morgan fingerprint density at radius 2 is 1.75 bits per heavy atom. The van der Waals surface area contributed by atoms with Gasteiger partial charge in [0.1, 0.15) is 22.8 Å². The van der Waals surface area contributed by atoms with E-state index in [-0.39, 0.29) is 41.7 Å². The molecule has 0 bridgehead atoms. The molecule has 4 N–H and O–H groups in total. The van der Waals surface area contributed by atoms with Gasteiger partial charge in [-0.3, -0.25) is 19.3 Å². The molecule has 16 nitrogen and oxygen atoms in total. The number of anilines is 1. The Bertz CT molecular complexity index is 2380. The summed E-state index contributed by atoms with van der Waals surface area (Å²) in [6, 6.07) is 16.4. The zero-order chi connectivity index (χ0) is 48.3. The number of morpholine rings is 1. The minimum atomic E-state index is -5.08. The van der Waals surface area contributed by atoms with Crippen molar-refractivity contribution in [3.8, 4) is 11.5 Å². The lowest BCUT2D eigenvalue weighted by Crippen LogP contribution is -2.58. The number of imidazole rings is 1. The number of fused-ring (bicyclic) bond motifs is 2. The lowest BCUT2D eigenvalue weighted by Gasteiger charge is -2.47. The predicted octanol–water partition coefficient (Wildman–Crippen LogP) is 5.76. The van der Waals surface area contributed by atoms with Crippen LogP contribution in [0.25, 0.3) is 5.65 Å². The molecule has 2 saturated heterocycles. The highest BCUT2D eigenvalue weighted by atomic mass is 19.4. The number of carboxylic acid groups (broad SMARTS) is 1. The molecule has 19 heteroatoms. The maximum Gasteiger partial charge on any atom is 0.490 e. The molecule has 1 aliphatic carbocycles. The number of piperidine rings is 1. The molecular weight excluding hydrogens is 888 g/mol. The number of hydrogen-bond donors (Lipinski definition) is 4. The Morgan fingerprint density at radius 3 is 2.51 bits per heavy atom. The Labute approximate surface area is 393 Å². The summed E-state index contributed by atoms with van der Waals surface area (Å²) >= 11 is 0. The average Bonchev–Trinajstić information content (AvgIpc) is 3.75. The van der Waals surface area contributed by atoms with Gasteiger partial charge in [0.2, 0.25) is 5.91 Å². The summed E-state index contributed by atoms with van der Waals surface area (Å²) in [6.45, 7) is 9.30. The maximum absolute atomic E-state index is 13.6. The van der Waals surface area contributed by atoms with Gasteiger partial charge < -0.3 is 49.3 Å². The van der Waals surface area contributed by atoms with E-state index in [0.29, 0.717) is 82.5 Å². The molecule has 0 radical (unpaired) electrons. The molecule has 3 aliphatic heterocycles. The first-order valence-electron chi connectivity index (χ1n) is 23.5. The third-order valence-electron chi connectivity index (χ3n) is 13.0. The fourth-order valence-corrected chi connectivity index (χ4v) is 9.41. The standard InChI is InChI=1S/C47H61N7O7.C2HF3O2/c1-34-10-13-41-49-39(31-53(41)29-34)46(58)52-24-27-61-47(33-52)17-21-51(22-18-47)30-36-7-5-6-35(28-36)15-25-59-26-16-43(57)54(38-8-3-2-4-9-38)23-20-48-19-14-37-11-12-40(55)44-45(37)60-32-42(56)50-44;3-2(4,5)1(6)7/h5-7,10-13,28-29,31,38,48,55H,2-4,8-9,14-27,30,32-33H2,1H3,(H,50,56);(H,6,7). The number of hydrogen-bond acceptors (Lipinski definition) is 11. The molecule has 8 rings (SSSR count). The van der Waals surface area contributed by atoms with Crippen LogP contribution in [-0.4, -0.2) is 148 Å². The molecule has 3 fully saturated rings. The highest BCUT2D eigenvalue weighted by Crippen LogP contribution is 2.39. The van der Waals surface area contributed by atoms with E-state index >= 15 is 0 Å². The van der Waals surface area contributed by atoms with Gasteiger partial charge in [-0.15, -0.1) is 0 Å². The molecule has 3 amide bonds. The molecular formula is C49H62F3N7O9. The number of nitrogens with one attached hydrogen (secondary N) is 2. The van der Waals surface area contributed by atoms with Gasteiger partial charge in [-0.05, 0) is 86.4 Å².